The Kier molecular flexibility index (Phi) is 4.90. The Morgan fingerprint density at radius 3 is 2.75 bits per heavy atom. The Hall–Kier alpha value is -1.68. The molecular formula is C16H20N2OS. The Labute approximate surface area is 124 Å². The number of rotatable bonds is 6. The van der Waals surface area contributed by atoms with Gasteiger partial charge in [-0.3, -0.25) is 4.79 Å². The molecule has 0 fully saturated rings. The molecule has 0 saturated heterocycles. The molecule has 1 aromatic carbocycles. The van der Waals surface area contributed by atoms with Crippen LogP contribution in [-0.4, -0.2) is 17.8 Å². The van der Waals surface area contributed by atoms with E-state index in [1.54, 1.807) is 0 Å². The topological polar surface area (TPSA) is 33.2 Å². The van der Waals surface area contributed by atoms with E-state index in [1.165, 1.54) is 16.9 Å². The minimum absolute atomic E-state index is 0.757. The smallest absolute Gasteiger partial charge is 0.190 e. The predicted octanol–water partition coefficient (Wildman–Crippen LogP) is 4.37. The van der Waals surface area contributed by atoms with Crippen molar-refractivity contribution in [1.82, 2.24) is 4.98 Å². The van der Waals surface area contributed by atoms with Gasteiger partial charge in [-0.15, -0.1) is 0 Å². The molecule has 0 spiro atoms. The molecule has 1 aromatic heterocycles. The number of aromatic nitrogens is 1. The van der Waals surface area contributed by atoms with Crippen LogP contribution in [0, 0.1) is 6.92 Å². The molecule has 0 atom stereocenters. The first-order valence-electron chi connectivity index (χ1n) is 6.98. The number of benzene rings is 1. The van der Waals surface area contributed by atoms with E-state index in [9.17, 15) is 4.79 Å². The zero-order chi connectivity index (χ0) is 14.5. The molecular weight excluding hydrogens is 268 g/mol. The molecule has 4 heteroatoms. The molecule has 0 aliphatic heterocycles. The number of anilines is 2. The molecule has 0 aliphatic rings. The first-order valence-corrected chi connectivity index (χ1v) is 7.80. The van der Waals surface area contributed by atoms with Crippen molar-refractivity contribution in [3.8, 4) is 0 Å². The third-order valence-corrected chi connectivity index (χ3v) is 4.22. The zero-order valence-electron chi connectivity index (χ0n) is 12.2. The molecule has 0 radical (unpaired) electrons. The summed E-state index contributed by atoms with van der Waals surface area (Å²) in [5.41, 5.74) is 3.28. The standard InChI is InChI=1S/C16H20N2OS/c1-4-7-14-15(11-19)20-16(17-14)18(5-2)13-9-6-8-12(3)10-13/h6,8-11H,4-5,7H2,1-3H3. The lowest BCUT2D eigenvalue weighted by atomic mass is 10.2. The van der Waals surface area contributed by atoms with Gasteiger partial charge in [0.2, 0.25) is 0 Å². The Morgan fingerprint density at radius 1 is 1.35 bits per heavy atom. The molecule has 0 bridgehead atoms. The van der Waals surface area contributed by atoms with Gasteiger partial charge in [-0.25, -0.2) is 4.98 Å². The van der Waals surface area contributed by atoms with Crippen molar-refractivity contribution in [2.24, 2.45) is 0 Å². The molecule has 3 nitrogen and oxygen atoms in total. The molecule has 106 valence electrons. The van der Waals surface area contributed by atoms with Gasteiger partial charge in [-0.05, 0) is 38.0 Å². The second-order valence-electron chi connectivity index (χ2n) is 4.76. The maximum absolute atomic E-state index is 11.2. The molecule has 0 aliphatic carbocycles. The van der Waals surface area contributed by atoms with E-state index < -0.39 is 0 Å². The van der Waals surface area contributed by atoms with Crippen LogP contribution in [0.15, 0.2) is 24.3 Å². The fraction of sp³-hybridized carbons (Fsp3) is 0.375. The summed E-state index contributed by atoms with van der Waals surface area (Å²) in [5.74, 6) is 0. The van der Waals surface area contributed by atoms with Crippen LogP contribution in [0.2, 0.25) is 0 Å². The van der Waals surface area contributed by atoms with Crippen molar-refractivity contribution < 1.29 is 4.79 Å². The number of carbonyl (C=O) groups is 1. The third kappa shape index (κ3) is 3.07. The van der Waals surface area contributed by atoms with E-state index in [1.807, 2.05) is 0 Å². The van der Waals surface area contributed by atoms with Crippen molar-refractivity contribution >= 4 is 28.4 Å². The minimum atomic E-state index is 0.757. The normalized spacial score (nSPS) is 10.6. The highest BCUT2D eigenvalue weighted by molar-refractivity contribution is 7.17. The van der Waals surface area contributed by atoms with Gasteiger partial charge in [0.15, 0.2) is 11.4 Å². The number of nitrogens with zero attached hydrogens (tertiary/aromatic N) is 2. The Bertz CT molecular complexity index is 592. The summed E-state index contributed by atoms with van der Waals surface area (Å²) in [6, 6.07) is 8.36. The van der Waals surface area contributed by atoms with Crippen LogP contribution in [0.4, 0.5) is 10.8 Å². The number of hydrogen-bond donors (Lipinski definition) is 0. The molecule has 0 N–H and O–H groups in total. The van der Waals surface area contributed by atoms with Crippen molar-refractivity contribution in [1.29, 1.82) is 0 Å². The highest BCUT2D eigenvalue weighted by atomic mass is 32.1. The molecule has 2 rings (SSSR count). The van der Waals surface area contributed by atoms with Crippen LogP contribution in [-0.2, 0) is 6.42 Å². The summed E-state index contributed by atoms with van der Waals surface area (Å²) >= 11 is 1.48. The lowest BCUT2D eigenvalue weighted by Gasteiger charge is -2.20. The van der Waals surface area contributed by atoms with Crippen molar-refractivity contribution in [2.45, 2.75) is 33.6 Å². The van der Waals surface area contributed by atoms with Crippen LogP contribution in [0.3, 0.4) is 0 Å². The second kappa shape index (κ2) is 6.66. The van der Waals surface area contributed by atoms with E-state index in [0.29, 0.717) is 0 Å². The molecule has 0 saturated carbocycles. The molecule has 0 unspecified atom stereocenters. The van der Waals surface area contributed by atoms with Crippen molar-refractivity contribution in [3.05, 3.63) is 40.4 Å². The zero-order valence-corrected chi connectivity index (χ0v) is 13.0. The minimum Gasteiger partial charge on any atom is -0.318 e. The molecule has 2 aromatic rings. The number of thiazole rings is 1. The van der Waals surface area contributed by atoms with Crippen molar-refractivity contribution in [3.63, 3.8) is 0 Å². The van der Waals surface area contributed by atoms with Gasteiger partial charge in [0.1, 0.15) is 0 Å². The van der Waals surface area contributed by atoms with Crippen LogP contribution >= 0.6 is 11.3 Å². The highest BCUT2D eigenvalue weighted by Gasteiger charge is 2.16. The third-order valence-electron chi connectivity index (χ3n) is 3.17. The lowest BCUT2D eigenvalue weighted by molar-refractivity contribution is 0.112. The average Bonchev–Trinajstić information content (AvgIpc) is 2.83. The maximum Gasteiger partial charge on any atom is 0.190 e. The quantitative estimate of drug-likeness (QED) is 0.740. The fourth-order valence-electron chi connectivity index (χ4n) is 2.20. The monoisotopic (exact) mass is 288 g/mol. The average molecular weight is 288 g/mol. The summed E-state index contributed by atoms with van der Waals surface area (Å²) in [4.78, 5) is 18.7. The van der Waals surface area contributed by atoms with E-state index in [2.05, 4.69) is 54.9 Å². The number of carbonyl (C=O) groups excluding carboxylic acids is 1. The van der Waals surface area contributed by atoms with Gasteiger partial charge in [0.05, 0.1) is 10.6 Å². The van der Waals surface area contributed by atoms with Gasteiger partial charge >= 0.3 is 0 Å². The van der Waals surface area contributed by atoms with Gasteiger partial charge in [-0.2, -0.15) is 0 Å². The van der Waals surface area contributed by atoms with Crippen LogP contribution < -0.4 is 4.90 Å². The fourth-order valence-corrected chi connectivity index (χ4v) is 3.21. The Balaban J connectivity index is 2.39. The van der Waals surface area contributed by atoms with Gasteiger partial charge in [0, 0.05) is 12.2 Å². The second-order valence-corrected chi connectivity index (χ2v) is 5.77. The Morgan fingerprint density at radius 2 is 2.15 bits per heavy atom. The molecule has 0 amide bonds. The number of aryl methyl sites for hydroxylation is 2. The van der Waals surface area contributed by atoms with Gasteiger partial charge in [0.25, 0.3) is 0 Å². The van der Waals surface area contributed by atoms with E-state index in [-0.39, 0.29) is 0 Å². The first kappa shape index (κ1) is 14.7. The largest absolute Gasteiger partial charge is 0.318 e. The van der Waals surface area contributed by atoms with E-state index in [0.717, 1.165) is 47.1 Å². The van der Waals surface area contributed by atoms with Crippen molar-refractivity contribution in [2.75, 3.05) is 11.4 Å². The summed E-state index contributed by atoms with van der Waals surface area (Å²) < 4.78 is 0. The molecule has 20 heavy (non-hydrogen) atoms. The first-order chi connectivity index (χ1) is 9.69. The van der Waals surface area contributed by atoms with Crippen LogP contribution in [0.25, 0.3) is 0 Å². The number of aldehydes is 1. The van der Waals surface area contributed by atoms with Crippen LogP contribution in [0.1, 0.15) is 41.2 Å². The van der Waals surface area contributed by atoms with Gasteiger partial charge < -0.3 is 4.90 Å². The molecule has 1 heterocycles. The summed E-state index contributed by atoms with van der Waals surface area (Å²) in [7, 11) is 0. The summed E-state index contributed by atoms with van der Waals surface area (Å²) in [5, 5.41) is 0.906. The lowest BCUT2D eigenvalue weighted by Crippen LogP contribution is -2.15. The number of hydrogen-bond acceptors (Lipinski definition) is 4. The summed E-state index contributed by atoms with van der Waals surface area (Å²) in [6.07, 6.45) is 2.78. The van der Waals surface area contributed by atoms with E-state index >= 15 is 0 Å². The maximum atomic E-state index is 11.2. The van der Waals surface area contributed by atoms with Crippen LogP contribution in [0.5, 0.6) is 0 Å². The van der Waals surface area contributed by atoms with Gasteiger partial charge in [-0.1, -0.05) is 36.8 Å². The summed E-state index contributed by atoms with van der Waals surface area (Å²) in [6.45, 7) is 7.12. The highest BCUT2D eigenvalue weighted by Crippen LogP contribution is 2.31. The SMILES string of the molecule is CCCc1nc(N(CC)c2cccc(C)c2)sc1C=O. The predicted molar refractivity (Wildman–Crippen MR) is 85.4 cm³/mol. The van der Waals surface area contributed by atoms with E-state index in [4.69, 9.17) is 0 Å².